The van der Waals surface area contributed by atoms with E-state index in [0.29, 0.717) is 24.0 Å². The molecule has 0 fully saturated rings. The molecule has 3 aromatic rings. The summed E-state index contributed by atoms with van der Waals surface area (Å²) in [5.74, 6) is 0.103. The molecule has 126 valence electrons. The first-order valence-corrected chi connectivity index (χ1v) is 7.69. The Bertz CT molecular complexity index is 884. The van der Waals surface area contributed by atoms with Gasteiger partial charge in [-0.25, -0.2) is 9.78 Å². The maximum absolute atomic E-state index is 11.1. The highest BCUT2D eigenvalue weighted by Crippen LogP contribution is 2.18. The van der Waals surface area contributed by atoms with E-state index in [-0.39, 0.29) is 5.56 Å². The molecule has 2 aromatic heterocycles. The lowest BCUT2D eigenvalue weighted by Crippen LogP contribution is -2.06. The Morgan fingerprint density at radius 1 is 1.16 bits per heavy atom. The van der Waals surface area contributed by atoms with E-state index in [1.807, 2.05) is 19.1 Å². The molecule has 0 atom stereocenters. The molecule has 0 aliphatic heterocycles. The van der Waals surface area contributed by atoms with Gasteiger partial charge in [0.1, 0.15) is 5.82 Å². The van der Waals surface area contributed by atoms with Crippen LogP contribution in [-0.2, 0) is 6.54 Å². The van der Waals surface area contributed by atoms with Gasteiger partial charge in [0, 0.05) is 36.4 Å². The highest BCUT2D eigenvalue weighted by molar-refractivity contribution is 5.89. The first kappa shape index (κ1) is 16.4. The van der Waals surface area contributed by atoms with Crippen LogP contribution in [0.5, 0.6) is 0 Å². The average Bonchev–Trinajstić information content (AvgIpc) is 2.60. The van der Waals surface area contributed by atoms with Gasteiger partial charge >= 0.3 is 5.97 Å². The number of carboxylic acid groups (broad SMARTS) is 1. The van der Waals surface area contributed by atoms with Gasteiger partial charge in [-0.2, -0.15) is 4.98 Å². The van der Waals surface area contributed by atoms with Crippen molar-refractivity contribution in [2.45, 2.75) is 13.5 Å². The van der Waals surface area contributed by atoms with Gasteiger partial charge in [0.15, 0.2) is 0 Å². The number of rotatable bonds is 6. The fourth-order valence-corrected chi connectivity index (χ4v) is 2.27. The number of carboxylic acids is 1. The number of aromatic carboxylic acids is 1. The summed E-state index contributed by atoms with van der Waals surface area (Å²) in [5.41, 5.74) is 2.68. The second kappa shape index (κ2) is 7.39. The number of hydrogen-bond acceptors (Lipinski definition) is 6. The molecule has 0 saturated heterocycles. The molecule has 0 bridgehead atoms. The molecule has 0 aliphatic rings. The molecular weight excluding hydrogens is 318 g/mol. The van der Waals surface area contributed by atoms with Gasteiger partial charge in [0.05, 0.1) is 5.56 Å². The monoisotopic (exact) mass is 335 g/mol. The normalized spacial score (nSPS) is 10.3. The van der Waals surface area contributed by atoms with Crippen molar-refractivity contribution in [3.05, 3.63) is 71.7 Å². The van der Waals surface area contributed by atoms with E-state index >= 15 is 0 Å². The second-order valence-electron chi connectivity index (χ2n) is 5.44. The third kappa shape index (κ3) is 4.51. The minimum Gasteiger partial charge on any atom is -0.478 e. The number of carbonyl (C=O) groups is 1. The Kier molecular flexibility index (Phi) is 4.84. The summed E-state index contributed by atoms with van der Waals surface area (Å²) in [6, 6.07) is 12.2. The summed E-state index contributed by atoms with van der Waals surface area (Å²) in [4.78, 5) is 23.9. The maximum Gasteiger partial charge on any atom is 0.335 e. The third-order valence-corrected chi connectivity index (χ3v) is 3.41. The summed E-state index contributed by atoms with van der Waals surface area (Å²) in [7, 11) is 0. The van der Waals surface area contributed by atoms with Gasteiger partial charge in [-0.05, 0) is 36.8 Å². The maximum atomic E-state index is 11.1. The topological polar surface area (TPSA) is 100 Å². The van der Waals surface area contributed by atoms with E-state index in [1.54, 1.807) is 42.7 Å². The Labute approximate surface area is 144 Å². The lowest BCUT2D eigenvalue weighted by molar-refractivity contribution is 0.0697. The number of benzene rings is 1. The minimum atomic E-state index is -0.971. The van der Waals surface area contributed by atoms with Gasteiger partial charge in [0.2, 0.25) is 5.95 Å². The van der Waals surface area contributed by atoms with E-state index in [4.69, 9.17) is 5.11 Å². The Hall–Kier alpha value is -3.48. The summed E-state index contributed by atoms with van der Waals surface area (Å²) < 4.78 is 0. The van der Waals surface area contributed by atoms with Crippen molar-refractivity contribution >= 4 is 23.4 Å². The van der Waals surface area contributed by atoms with Crippen molar-refractivity contribution in [2.24, 2.45) is 0 Å². The van der Waals surface area contributed by atoms with Crippen molar-refractivity contribution < 1.29 is 9.90 Å². The molecule has 1 aromatic carbocycles. The zero-order valence-corrected chi connectivity index (χ0v) is 13.6. The summed E-state index contributed by atoms with van der Waals surface area (Å²) in [6.45, 7) is 2.43. The molecule has 25 heavy (non-hydrogen) atoms. The van der Waals surface area contributed by atoms with Gasteiger partial charge in [-0.1, -0.05) is 12.1 Å². The first-order chi connectivity index (χ1) is 12.1. The summed E-state index contributed by atoms with van der Waals surface area (Å²) >= 11 is 0. The van der Waals surface area contributed by atoms with Crippen LogP contribution < -0.4 is 10.6 Å². The molecule has 2 heterocycles. The van der Waals surface area contributed by atoms with Gasteiger partial charge in [0.25, 0.3) is 0 Å². The van der Waals surface area contributed by atoms with Crippen molar-refractivity contribution in [3.63, 3.8) is 0 Å². The van der Waals surface area contributed by atoms with Crippen molar-refractivity contribution in [2.75, 3.05) is 10.6 Å². The van der Waals surface area contributed by atoms with E-state index < -0.39 is 5.97 Å². The molecule has 0 spiro atoms. The van der Waals surface area contributed by atoms with E-state index in [2.05, 4.69) is 25.6 Å². The number of nitrogens with one attached hydrogen (secondary N) is 2. The molecule has 0 aliphatic carbocycles. The lowest BCUT2D eigenvalue weighted by atomic mass is 10.2. The number of anilines is 3. The predicted molar refractivity (Wildman–Crippen MR) is 95.0 cm³/mol. The van der Waals surface area contributed by atoms with Crippen LogP contribution in [0.2, 0.25) is 0 Å². The number of nitrogens with zero attached hydrogens (tertiary/aromatic N) is 3. The fourth-order valence-electron chi connectivity index (χ4n) is 2.27. The van der Waals surface area contributed by atoms with Crippen LogP contribution in [0.1, 0.15) is 21.6 Å². The van der Waals surface area contributed by atoms with Crippen LogP contribution >= 0.6 is 0 Å². The van der Waals surface area contributed by atoms with E-state index in [1.165, 1.54) is 0 Å². The van der Waals surface area contributed by atoms with E-state index in [0.717, 1.165) is 11.3 Å². The molecule has 7 heteroatoms. The van der Waals surface area contributed by atoms with Crippen LogP contribution in [0.3, 0.4) is 0 Å². The average molecular weight is 335 g/mol. The zero-order valence-electron chi connectivity index (χ0n) is 13.6. The lowest BCUT2D eigenvalue weighted by Gasteiger charge is -2.10. The molecule has 3 N–H and O–H groups in total. The Morgan fingerprint density at radius 3 is 2.80 bits per heavy atom. The van der Waals surface area contributed by atoms with Crippen LogP contribution in [-0.4, -0.2) is 26.0 Å². The number of pyridine rings is 1. The quantitative estimate of drug-likeness (QED) is 0.636. The second-order valence-corrected chi connectivity index (χ2v) is 5.44. The zero-order chi connectivity index (χ0) is 17.6. The van der Waals surface area contributed by atoms with Gasteiger partial charge in [-0.3, -0.25) is 4.98 Å². The van der Waals surface area contributed by atoms with Crippen LogP contribution in [0.25, 0.3) is 0 Å². The largest absolute Gasteiger partial charge is 0.478 e. The summed E-state index contributed by atoms with van der Waals surface area (Å²) in [5, 5.41) is 15.3. The van der Waals surface area contributed by atoms with E-state index in [9.17, 15) is 4.79 Å². The van der Waals surface area contributed by atoms with Crippen LogP contribution in [0.4, 0.5) is 17.5 Å². The predicted octanol–water partition coefficient (Wildman–Crippen LogP) is 3.23. The highest BCUT2D eigenvalue weighted by Gasteiger charge is 2.06. The minimum absolute atomic E-state index is 0.214. The smallest absolute Gasteiger partial charge is 0.335 e. The number of aromatic nitrogens is 3. The SMILES string of the molecule is Cc1cc(Nc2cccc(C(=O)O)c2)nc(NCc2cccnc2)n1. The van der Waals surface area contributed by atoms with Crippen molar-refractivity contribution in [3.8, 4) is 0 Å². The van der Waals surface area contributed by atoms with Crippen molar-refractivity contribution in [1.82, 2.24) is 15.0 Å². The molecule has 0 unspecified atom stereocenters. The number of aryl methyl sites for hydroxylation is 1. The molecule has 0 saturated carbocycles. The standard InChI is InChI=1S/C18H17N5O2/c1-12-8-16(22-15-6-2-5-14(9-15)17(24)25)23-18(21-12)20-11-13-4-3-7-19-10-13/h2-10H,11H2,1H3,(H,24,25)(H2,20,21,22,23). The molecule has 0 amide bonds. The van der Waals surface area contributed by atoms with Crippen LogP contribution in [0, 0.1) is 6.92 Å². The third-order valence-electron chi connectivity index (χ3n) is 3.41. The van der Waals surface area contributed by atoms with Gasteiger partial charge in [-0.15, -0.1) is 0 Å². The molecule has 0 radical (unpaired) electrons. The molecular formula is C18H17N5O2. The molecule has 7 nitrogen and oxygen atoms in total. The van der Waals surface area contributed by atoms with Gasteiger partial charge < -0.3 is 15.7 Å². The number of hydrogen-bond donors (Lipinski definition) is 3. The van der Waals surface area contributed by atoms with Crippen molar-refractivity contribution in [1.29, 1.82) is 0 Å². The fraction of sp³-hybridized carbons (Fsp3) is 0.111. The van der Waals surface area contributed by atoms with Crippen LogP contribution in [0.15, 0.2) is 54.9 Å². The first-order valence-electron chi connectivity index (χ1n) is 7.69. The molecule has 3 rings (SSSR count). The highest BCUT2D eigenvalue weighted by atomic mass is 16.4. The summed E-state index contributed by atoms with van der Waals surface area (Å²) in [6.07, 6.45) is 3.50. The Balaban J connectivity index is 1.75. The Morgan fingerprint density at radius 2 is 2.04 bits per heavy atom.